The van der Waals surface area contributed by atoms with E-state index in [0.717, 1.165) is 11.3 Å². The maximum Gasteiger partial charge on any atom is 0.141 e. The lowest BCUT2D eigenvalue weighted by molar-refractivity contribution is 0.415. The molecule has 0 aliphatic rings. The van der Waals surface area contributed by atoms with Crippen molar-refractivity contribution in [1.82, 2.24) is 20.0 Å². The Morgan fingerprint density at radius 3 is 2.85 bits per heavy atom. The SMILES string of the molecule is Cc1nocc1/C=N/n1cnnc1. The van der Waals surface area contributed by atoms with Crippen LogP contribution in [0.2, 0.25) is 0 Å². The Morgan fingerprint density at radius 1 is 1.46 bits per heavy atom. The topological polar surface area (TPSA) is 69.1 Å². The van der Waals surface area contributed by atoms with Gasteiger partial charge in [0.2, 0.25) is 0 Å². The van der Waals surface area contributed by atoms with Crippen LogP contribution in [0.15, 0.2) is 28.5 Å². The van der Waals surface area contributed by atoms with E-state index in [1.165, 1.54) is 23.6 Å². The van der Waals surface area contributed by atoms with Crippen LogP contribution in [-0.4, -0.2) is 26.2 Å². The van der Waals surface area contributed by atoms with E-state index in [2.05, 4.69) is 20.5 Å². The Labute approximate surface area is 73.9 Å². The first kappa shape index (κ1) is 7.66. The molecular weight excluding hydrogens is 170 g/mol. The standard InChI is InChI=1S/C7H7N5O/c1-6-7(3-13-11-6)2-10-12-4-8-9-5-12/h2-5H,1H3/b10-2+. The second-order valence-electron chi connectivity index (χ2n) is 2.44. The van der Waals surface area contributed by atoms with Crippen molar-refractivity contribution in [3.05, 3.63) is 30.2 Å². The van der Waals surface area contributed by atoms with Crippen LogP contribution < -0.4 is 0 Å². The smallest absolute Gasteiger partial charge is 0.141 e. The molecule has 0 aromatic carbocycles. The third-order valence-corrected chi connectivity index (χ3v) is 1.52. The van der Waals surface area contributed by atoms with E-state index in [0.29, 0.717) is 0 Å². The normalized spacial score (nSPS) is 11.2. The molecule has 13 heavy (non-hydrogen) atoms. The fraction of sp³-hybridized carbons (Fsp3) is 0.143. The fourth-order valence-electron chi connectivity index (χ4n) is 0.808. The Morgan fingerprint density at radius 2 is 2.23 bits per heavy atom. The summed E-state index contributed by atoms with van der Waals surface area (Å²) in [6.45, 7) is 1.84. The predicted octanol–water partition coefficient (Wildman–Crippen LogP) is 0.457. The van der Waals surface area contributed by atoms with Gasteiger partial charge in [0.1, 0.15) is 18.9 Å². The van der Waals surface area contributed by atoms with Crippen LogP contribution in [0.5, 0.6) is 0 Å². The summed E-state index contributed by atoms with van der Waals surface area (Å²) in [6, 6.07) is 0. The molecule has 0 N–H and O–H groups in total. The Kier molecular flexibility index (Phi) is 1.87. The van der Waals surface area contributed by atoms with Gasteiger partial charge in [0.25, 0.3) is 0 Å². The van der Waals surface area contributed by atoms with Gasteiger partial charge in [-0.25, -0.2) is 4.68 Å². The van der Waals surface area contributed by atoms with Crippen molar-refractivity contribution in [2.75, 3.05) is 0 Å². The van der Waals surface area contributed by atoms with E-state index >= 15 is 0 Å². The van der Waals surface area contributed by atoms with Crippen LogP contribution in [0.1, 0.15) is 11.3 Å². The van der Waals surface area contributed by atoms with Gasteiger partial charge in [-0.05, 0) is 6.92 Å². The highest BCUT2D eigenvalue weighted by Gasteiger charge is 1.97. The zero-order valence-corrected chi connectivity index (χ0v) is 6.95. The summed E-state index contributed by atoms with van der Waals surface area (Å²) < 4.78 is 6.23. The van der Waals surface area contributed by atoms with Crippen molar-refractivity contribution in [3.63, 3.8) is 0 Å². The number of aromatic nitrogens is 4. The van der Waals surface area contributed by atoms with Crippen LogP contribution in [0.25, 0.3) is 0 Å². The van der Waals surface area contributed by atoms with Gasteiger partial charge >= 0.3 is 0 Å². The summed E-state index contributed by atoms with van der Waals surface area (Å²) in [7, 11) is 0. The molecule has 0 spiro atoms. The molecular formula is C7H7N5O. The molecule has 0 aliphatic carbocycles. The van der Waals surface area contributed by atoms with E-state index in [1.807, 2.05) is 6.92 Å². The highest BCUT2D eigenvalue weighted by atomic mass is 16.5. The molecule has 0 atom stereocenters. The Balaban J connectivity index is 2.19. The monoisotopic (exact) mass is 177 g/mol. The maximum absolute atomic E-state index is 4.73. The highest BCUT2D eigenvalue weighted by molar-refractivity contribution is 5.80. The molecule has 6 nitrogen and oxygen atoms in total. The first-order valence-electron chi connectivity index (χ1n) is 3.66. The number of hydrogen-bond acceptors (Lipinski definition) is 5. The van der Waals surface area contributed by atoms with Gasteiger partial charge in [0.15, 0.2) is 0 Å². The Bertz CT molecular complexity index is 402. The van der Waals surface area contributed by atoms with Crippen molar-refractivity contribution in [1.29, 1.82) is 0 Å². The van der Waals surface area contributed by atoms with E-state index in [4.69, 9.17) is 4.52 Å². The summed E-state index contributed by atoms with van der Waals surface area (Å²) in [4.78, 5) is 0. The molecule has 0 saturated heterocycles. The molecule has 0 amide bonds. The van der Waals surface area contributed by atoms with Crippen LogP contribution in [-0.2, 0) is 0 Å². The van der Waals surface area contributed by atoms with Crippen LogP contribution in [0.3, 0.4) is 0 Å². The number of rotatable bonds is 2. The molecule has 66 valence electrons. The molecule has 0 saturated carbocycles. The molecule has 6 heteroatoms. The Hall–Kier alpha value is -1.98. The van der Waals surface area contributed by atoms with E-state index in [1.54, 1.807) is 6.21 Å². The van der Waals surface area contributed by atoms with Crippen LogP contribution >= 0.6 is 0 Å². The third-order valence-electron chi connectivity index (χ3n) is 1.52. The number of nitrogens with zero attached hydrogens (tertiary/aromatic N) is 5. The van der Waals surface area contributed by atoms with E-state index in [-0.39, 0.29) is 0 Å². The predicted molar refractivity (Wildman–Crippen MR) is 44.3 cm³/mol. The average molecular weight is 177 g/mol. The molecule has 2 rings (SSSR count). The summed E-state index contributed by atoms with van der Waals surface area (Å²) in [6.07, 6.45) is 6.16. The van der Waals surface area contributed by atoms with Gasteiger partial charge in [0, 0.05) is 0 Å². The zero-order valence-electron chi connectivity index (χ0n) is 6.95. The minimum Gasteiger partial charge on any atom is -0.364 e. The van der Waals surface area contributed by atoms with E-state index < -0.39 is 0 Å². The quantitative estimate of drug-likeness (QED) is 0.625. The molecule has 0 bridgehead atoms. The number of aryl methyl sites for hydroxylation is 1. The largest absolute Gasteiger partial charge is 0.364 e. The molecule has 2 aromatic heterocycles. The minimum atomic E-state index is 0.803. The average Bonchev–Trinajstić information content (AvgIpc) is 2.72. The van der Waals surface area contributed by atoms with E-state index in [9.17, 15) is 0 Å². The maximum atomic E-state index is 4.73. The summed E-state index contributed by atoms with van der Waals surface area (Å²) in [5.41, 5.74) is 1.64. The van der Waals surface area contributed by atoms with Crippen molar-refractivity contribution in [2.45, 2.75) is 6.92 Å². The van der Waals surface area contributed by atoms with Crippen molar-refractivity contribution >= 4 is 6.21 Å². The second kappa shape index (κ2) is 3.18. The first-order chi connectivity index (χ1) is 6.36. The van der Waals surface area contributed by atoms with Gasteiger partial charge in [-0.2, -0.15) is 5.10 Å². The minimum absolute atomic E-state index is 0.803. The second-order valence-corrected chi connectivity index (χ2v) is 2.44. The van der Waals surface area contributed by atoms with Crippen LogP contribution in [0.4, 0.5) is 0 Å². The van der Waals surface area contributed by atoms with Crippen molar-refractivity contribution < 1.29 is 4.52 Å². The number of hydrogen-bond donors (Lipinski definition) is 0. The highest BCUT2D eigenvalue weighted by Crippen LogP contribution is 2.00. The van der Waals surface area contributed by atoms with Gasteiger partial charge in [-0.15, -0.1) is 10.2 Å². The van der Waals surface area contributed by atoms with Crippen LogP contribution in [0, 0.1) is 6.92 Å². The molecule has 0 aliphatic heterocycles. The lowest BCUT2D eigenvalue weighted by Gasteiger charge is -1.87. The lowest BCUT2D eigenvalue weighted by Crippen LogP contribution is -1.87. The van der Waals surface area contributed by atoms with Crippen molar-refractivity contribution in [2.24, 2.45) is 5.10 Å². The fourth-order valence-corrected chi connectivity index (χ4v) is 0.808. The zero-order chi connectivity index (χ0) is 9.10. The first-order valence-corrected chi connectivity index (χ1v) is 3.66. The molecule has 0 fully saturated rings. The molecule has 2 heterocycles. The molecule has 2 aromatic rings. The molecule has 0 unspecified atom stereocenters. The third kappa shape index (κ3) is 1.61. The summed E-state index contributed by atoms with van der Waals surface area (Å²) in [5, 5.41) is 15.0. The van der Waals surface area contributed by atoms with Gasteiger partial charge in [-0.1, -0.05) is 5.16 Å². The van der Waals surface area contributed by atoms with Gasteiger partial charge < -0.3 is 4.52 Å². The van der Waals surface area contributed by atoms with Crippen molar-refractivity contribution in [3.8, 4) is 0 Å². The lowest BCUT2D eigenvalue weighted by atomic mass is 10.3. The summed E-state index contributed by atoms with van der Waals surface area (Å²) >= 11 is 0. The van der Waals surface area contributed by atoms with Gasteiger partial charge in [-0.3, -0.25) is 0 Å². The van der Waals surface area contributed by atoms with Gasteiger partial charge in [0.05, 0.1) is 17.5 Å². The molecule has 0 radical (unpaired) electrons. The summed E-state index contributed by atoms with van der Waals surface area (Å²) in [5.74, 6) is 0.